The second-order valence-corrected chi connectivity index (χ2v) is 9.27. The molecule has 0 atom stereocenters. The van der Waals surface area contributed by atoms with E-state index < -0.39 is 0 Å². The highest BCUT2D eigenvalue weighted by Gasteiger charge is 2.11. The van der Waals surface area contributed by atoms with Crippen LogP contribution in [0, 0.1) is 13.8 Å². The minimum Gasteiger partial charge on any atom is -0.385 e. The SMILES string of the molecule is C=C/C(Br)=C(/C)N(C)/C(=C\C(=C)c1ccccc1C)NCCCCNC(=C)c1ccccc1C. The Balaban J connectivity index is 2.00. The minimum atomic E-state index is 0.856. The number of halogens is 1. The summed E-state index contributed by atoms with van der Waals surface area (Å²) < 4.78 is 0.961. The Morgan fingerprint density at radius 1 is 0.912 bits per heavy atom. The lowest BCUT2D eigenvalue weighted by atomic mass is 10.0. The van der Waals surface area contributed by atoms with Gasteiger partial charge in [-0.25, -0.2) is 0 Å². The molecule has 2 N–H and O–H groups in total. The van der Waals surface area contributed by atoms with E-state index in [0.29, 0.717) is 0 Å². The molecule has 0 bridgehead atoms. The standard InChI is InChI=1S/C30H38BrN3/c1-8-29(31)26(6)34(7)30(21-24(4)27-17-11-9-15-22(27)2)33-20-14-13-19-32-25(5)28-18-12-10-16-23(28)3/h8-12,15-18,21,32-33H,1,4-5,13-14,19-20H2,2-3,6-7H3/b29-26+,30-21-. The largest absolute Gasteiger partial charge is 0.385 e. The number of nitrogens with one attached hydrogen (secondary N) is 2. The number of allylic oxidation sites excluding steroid dienone is 5. The molecule has 0 saturated carbocycles. The number of hydrogen-bond acceptors (Lipinski definition) is 3. The molecule has 2 aromatic rings. The maximum atomic E-state index is 4.33. The van der Waals surface area contributed by atoms with Crippen LogP contribution in [0.1, 0.15) is 42.0 Å². The second-order valence-electron chi connectivity index (χ2n) is 8.42. The Kier molecular flexibility index (Phi) is 11.0. The van der Waals surface area contributed by atoms with Gasteiger partial charge in [-0.3, -0.25) is 0 Å². The quantitative estimate of drug-likeness (QED) is 0.211. The summed E-state index contributed by atoms with van der Waals surface area (Å²) in [6.07, 6.45) is 6.00. The van der Waals surface area contributed by atoms with Gasteiger partial charge in [-0.05, 0) is 83.4 Å². The lowest BCUT2D eigenvalue weighted by Gasteiger charge is -2.26. The molecule has 0 heterocycles. The van der Waals surface area contributed by atoms with Crippen molar-refractivity contribution in [3.05, 3.63) is 119 Å². The van der Waals surface area contributed by atoms with Crippen LogP contribution in [0.15, 0.2) is 96.4 Å². The van der Waals surface area contributed by atoms with E-state index in [4.69, 9.17) is 0 Å². The van der Waals surface area contributed by atoms with E-state index >= 15 is 0 Å². The van der Waals surface area contributed by atoms with Gasteiger partial charge in [0.25, 0.3) is 0 Å². The summed E-state index contributed by atoms with van der Waals surface area (Å²) in [6.45, 7) is 20.5. The summed E-state index contributed by atoms with van der Waals surface area (Å²) in [5.41, 5.74) is 7.81. The van der Waals surface area contributed by atoms with Gasteiger partial charge in [0.05, 0.1) is 0 Å². The van der Waals surface area contributed by atoms with Gasteiger partial charge in [-0.1, -0.05) is 74.3 Å². The van der Waals surface area contributed by atoms with Crippen molar-refractivity contribution in [2.24, 2.45) is 0 Å². The van der Waals surface area contributed by atoms with Crippen LogP contribution in [-0.2, 0) is 0 Å². The molecule has 0 aliphatic rings. The Morgan fingerprint density at radius 3 is 2.00 bits per heavy atom. The summed E-state index contributed by atoms with van der Waals surface area (Å²) in [5.74, 6) is 1.00. The molecule has 4 heteroatoms. The van der Waals surface area contributed by atoms with E-state index in [-0.39, 0.29) is 0 Å². The first-order valence-corrected chi connectivity index (χ1v) is 12.5. The van der Waals surface area contributed by atoms with Gasteiger partial charge in [-0.15, -0.1) is 0 Å². The number of nitrogens with zero attached hydrogens (tertiary/aromatic N) is 1. The zero-order valence-corrected chi connectivity index (χ0v) is 22.6. The summed E-state index contributed by atoms with van der Waals surface area (Å²) in [4.78, 5) is 2.13. The fourth-order valence-corrected chi connectivity index (χ4v) is 3.91. The van der Waals surface area contributed by atoms with E-state index in [1.54, 1.807) is 0 Å². The minimum absolute atomic E-state index is 0.856. The third-order valence-electron chi connectivity index (χ3n) is 5.91. The summed E-state index contributed by atoms with van der Waals surface area (Å²) in [7, 11) is 2.05. The van der Waals surface area contributed by atoms with E-state index in [0.717, 1.165) is 58.8 Å². The lowest BCUT2D eigenvalue weighted by Crippen LogP contribution is -2.29. The molecule has 0 amide bonds. The first-order valence-electron chi connectivity index (χ1n) is 11.7. The van der Waals surface area contributed by atoms with Crippen molar-refractivity contribution < 1.29 is 0 Å². The molecule has 2 aromatic carbocycles. The van der Waals surface area contributed by atoms with Crippen molar-refractivity contribution in [2.75, 3.05) is 20.1 Å². The molecule has 0 spiro atoms. The van der Waals surface area contributed by atoms with Crippen LogP contribution in [-0.4, -0.2) is 25.0 Å². The average molecular weight is 521 g/mol. The zero-order valence-electron chi connectivity index (χ0n) is 21.0. The number of rotatable bonds is 13. The molecular formula is C30H38BrN3. The molecule has 34 heavy (non-hydrogen) atoms. The summed E-state index contributed by atoms with van der Waals surface area (Å²) >= 11 is 3.60. The number of unbranched alkanes of at least 4 members (excludes halogenated alkanes) is 1. The van der Waals surface area contributed by atoms with Crippen LogP contribution < -0.4 is 10.6 Å². The first-order chi connectivity index (χ1) is 16.3. The Morgan fingerprint density at radius 2 is 1.44 bits per heavy atom. The summed E-state index contributed by atoms with van der Waals surface area (Å²) in [5, 5.41) is 7.08. The monoisotopic (exact) mass is 519 g/mol. The van der Waals surface area contributed by atoms with Gasteiger partial charge in [0.15, 0.2) is 0 Å². The highest BCUT2D eigenvalue weighted by atomic mass is 79.9. The Bertz CT molecular complexity index is 1080. The highest BCUT2D eigenvalue weighted by Crippen LogP contribution is 2.23. The van der Waals surface area contributed by atoms with E-state index in [1.807, 2.05) is 6.08 Å². The highest BCUT2D eigenvalue weighted by molar-refractivity contribution is 9.11. The van der Waals surface area contributed by atoms with Crippen LogP contribution in [0.4, 0.5) is 0 Å². The van der Waals surface area contributed by atoms with Crippen LogP contribution >= 0.6 is 15.9 Å². The van der Waals surface area contributed by atoms with Crippen molar-refractivity contribution in [2.45, 2.75) is 33.6 Å². The smallest absolute Gasteiger partial charge is 0.106 e. The molecule has 0 saturated heterocycles. The fraction of sp³-hybridized carbons (Fsp3) is 0.267. The van der Waals surface area contributed by atoms with E-state index in [9.17, 15) is 0 Å². The molecule has 0 fully saturated rings. The maximum Gasteiger partial charge on any atom is 0.106 e. The predicted molar refractivity (Wildman–Crippen MR) is 153 cm³/mol. The number of hydrogen-bond donors (Lipinski definition) is 2. The molecule has 0 unspecified atom stereocenters. The first kappa shape index (κ1) is 27.3. The molecule has 3 nitrogen and oxygen atoms in total. The molecule has 0 radical (unpaired) electrons. The maximum absolute atomic E-state index is 4.33. The van der Waals surface area contributed by atoms with Gasteiger partial charge in [-0.2, -0.15) is 0 Å². The number of benzene rings is 2. The summed E-state index contributed by atoms with van der Waals surface area (Å²) in [6, 6.07) is 16.7. The normalized spacial score (nSPS) is 12.0. The molecule has 180 valence electrons. The zero-order chi connectivity index (χ0) is 25.1. The molecular weight excluding hydrogens is 482 g/mol. The van der Waals surface area contributed by atoms with Crippen LogP contribution in [0.3, 0.4) is 0 Å². The van der Waals surface area contributed by atoms with Gasteiger partial charge >= 0.3 is 0 Å². The van der Waals surface area contributed by atoms with Crippen molar-refractivity contribution >= 4 is 27.2 Å². The molecule has 0 aliphatic carbocycles. The molecule has 0 aromatic heterocycles. The van der Waals surface area contributed by atoms with E-state index in [2.05, 4.69) is 134 Å². The predicted octanol–water partition coefficient (Wildman–Crippen LogP) is 7.53. The third kappa shape index (κ3) is 7.81. The van der Waals surface area contributed by atoms with Crippen LogP contribution in [0.5, 0.6) is 0 Å². The lowest BCUT2D eigenvalue weighted by molar-refractivity contribution is 0.463. The average Bonchev–Trinajstić information content (AvgIpc) is 2.84. The van der Waals surface area contributed by atoms with Crippen molar-refractivity contribution in [3.63, 3.8) is 0 Å². The fourth-order valence-electron chi connectivity index (χ4n) is 3.64. The van der Waals surface area contributed by atoms with Gasteiger partial charge in [0.1, 0.15) is 5.82 Å². The molecule has 0 aliphatic heterocycles. The molecule has 2 rings (SSSR count). The Hall–Kier alpha value is -2.98. The topological polar surface area (TPSA) is 27.3 Å². The second kappa shape index (κ2) is 13.7. The Labute approximate surface area is 214 Å². The third-order valence-corrected chi connectivity index (χ3v) is 6.81. The van der Waals surface area contributed by atoms with Gasteiger partial charge in [0, 0.05) is 36.0 Å². The van der Waals surface area contributed by atoms with Crippen LogP contribution in [0.25, 0.3) is 11.3 Å². The van der Waals surface area contributed by atoms with Crippen molar-refractivity contribution in [1.82, 2.24) is 15.5 Å². The van der Waals surface area contributed by atoms with Gasteiger partial charge < -0.3 is 15.5 Å². The van der Waals surface area contributed by atoms with E-state index in [1.165, 1.54) is 16.7 Å². The van der Waals surface area contributed by atoms with Crippen molar-refractivity contribution in [3.8, 4) is 0 Å². The van der Waals surface area contributed by atoms with Crippen LogP contribution in [0.2, 0.25) is 0 Å². The van der Waals surface area contributed by atoms with Gasteiger partial charge in [0.2, 0.25) is 0 Å². The number of aryl methyl sites for hydroxylation is 2. The van der Waals surface area contributed by atoms with Crippen molar-refractivity contribution in [1.29, 1.82) is 0 Å².